The van der Waals surface area contributed by atoms with Crippen molar-refractivity contribution in [3.8, 4) is 5.69 Å². The lowest BCUT2D eigenvalue weighted by atomic mass is 9.48. The van der Waals surface area contributed by atoms with E-state index in [0.29, 0.717) is 11.1 Å². The van der Waals surface area contributed by atoms with E-state index in [1.807, 2.05) is 13.8 Å². The number of hydrogen-bond donors (Lipinski definition) is 0. The van der Waals surface area contributed by atoms with Gasteiger partial charge in [-0.1, -0.05) is 12.1 Å². The molecule has 0 N–H and O–H groups in total. The van der Waals surface area contributed by atoms with Crippen molar-refractivity contribution in [3.05, 3.63) is 57.6 Å². The molecular weight excluding hydrogens is 348 g/mol. The highest BCUT2D eigenvalue weighted by Gasteiger charge is 2.51. The molecule has 3 aromatic rings. The third kappa shape index (κ3) is 2.30. The fourth-order valence-electron chi connectivity index (χ4n) is 7.02. The van der Waals surface area contributed by atoms with E-state index in [1.54, 1.807) is 4.68 Å². The van der Waals surface area contributed by atoms with Gasteiger partial charge in [-0.15, -0.1) is 0 Å². The minimum Gasteiger partial charge on any atom is -0.403 e. The third-order valence-electron chi connectivity index (χ3n) is 7.71. The molecule has 0 spiro atoms. The third-order valence-corrected chi connectivity index (χ3v) is 7.71. The second-order valence-corrected chi connectivity index (χ2v) is 9.67. The first kappa shape index (κ1) is 16.6. The summed E-state index contributed by atoms with van der Waals surface area (Å²) in [7, 11) is 0. The molecule has 4 fully saturated rings. The molecule has 0 atom stereocenters. The van der Waals surface area contributed by atoms with Crippen LogP contribution in [0.2, 0.25) is 0 Å². The molecule has 0 unspecified atom stereocenters. The Balaban J connectivity index is 1.42. The summed E-state index contributed by atoms with van der Waals surface area (Å²) in [5.74, 6) is 2.84. The van der Waals surface area contributed by atoms with Gasteiger partial charge in [0.2, 0.25) is 5.71 Å². The highest BCUT2D eigenvalue weighted by atomic mass is 16.4. The summed E-state index contributed by atoms with van der Waals surface area (Å²) in [6.07, 6.45) is 8.51. The van der Waals surface area contributed by atoms with Crippen molar-refractivity contribution in [2.45, 2.75) is 57.8 Å². The van der Waals surface area contributed by atoms with E-state index in [0.717, 1.165) is 40.1 Å². The standard InChI is InChI=1S/C24H26N2O2/c1-14-7-21(27)28-23-22(14)15(2)25-26(23)20-5-3-19(4-6-20)24-11-16-8-17(12-24)10-18(9-16)13-24/h3-7,16-18H,8-13H2,1-2H3. The van der Waals surface area contributed by atoms with Crippen LogP contribution in [0.15, 0.2) is 39.5 Å². The number of rotatable bonds is 2. The van der Waals surface area contributed by atoms with Crippen LogP contribution < -0.4 is 5.63 Å². The number of hydrogen-bond acceptors (Lipinski definition) is 3. The summed E-state index contributed by atoms with van der Waals surface area (Å²) in [4.78, 5) is 11.9. The molecule has 1 aromatic carbocycles. The fourth-order valence-corrected chi connectivity index (χ4v) is 7.02. The fraction of sp³-hybridized carbons (Fsp3) is 0.500. The van der Waals surface area contributed by atoms with Crippen LogP contribution in [0.3, 0.4) is 0 Å². The molecule has 0 aliphatic heterocycles. The zero-order valence-corrected chi connectivity index (χ0v) is 16.6. The molecule has 0 saturated heterocycles. The van der Waals surface area contributed by atoms with Crippen LogP contribution in [-0.4, -0.2) is 9.78 Å². The Kier molecular flexibility index (Phi) is 3.31. The van der Waals surface area contributed by atoms with E-state index >= 15 is 0 Å². The predicted octanol–water partition coefficient (Wildman–Crippen LogP) is 5.06. The van der Waals surface area contributed by atoms with Gasteiger partial charge < -0.3 is 4.42 Å². The monoisotopic (exact) mass is 374 g/mol. The first-order valence-electron chi connectivity index (χ1n) is 10.6. The number of fused-ring (bicyclic) bond motifs is 1. The Morgan fingerprint density at radius 2 is 1.61 bits per heavy atom. The average Bonchev–Trinajstić information content (AvgIpc) is 2.97. The van der Waals surface area contributed by atoms with Crippen molar-refractivity contribution < 1.29 is 4.42 Å². The lowest BCUT2D eigenvalue weighted by Gasteiger charge is -2.57. The number of nitrogens with zero attached hydrogens (tertiary/aromatic N) is 2. The van der Waals surface area contributed by atoms with Crippen molar-refractivity contribution in [2.24, 2.45) is 17.8 Å². The molecule has 4 aliphatic carbocycles. The molecule has 4 nitrogen and oxygen atoms in total. The summed E-state index contributed by atoms with van der Waals surface area (Å²) in [6, 6.07) is 10.5. The summed E-state index contributed by atoms with van der Waals surface area (Å²) in [5, 5.41) is 5.60. The first-order chi connectivity index (χ1) is 13.5. The zero-order chi connectivity index (χ0) is 19.0. The minimum atomic E-state index is -0.323. The second kappa shape index (κ2) is 5.59. The molecule has 144 valence electrons. The Morgan fingerprint density at radius 1 is 1.00 bits per heavy atom. The Morgan fingerprint density at radius 3 is 2.21 bits per heavy atom. The van der Waals surface area contributed by atoms with E-state index in [4.69, 9.17) is 4.42 Å². The Hall–Kier alpha value is -2.36. The Labute approximate surface area is 164 Å². The van der Waals surface area contributed by atoms with Gasteiger partial charge in [0.15, 0.2) is 0 Å². The molecular formula is C24H26N2O2. The van der Waals surface area contributed by atoms with Gasteiger partial charge in [-0.25, -0.2) is 4.79 Å². The quantitative estimate of drug-likeness (QED) is 0.630. The van der Waals surface area contributed by atoms with Crippen LogP contribution in [0.5, 0.6) is 0 Å². The van der Waals surface area contributed by atoms with Crippen molar-refractivity contribution in [1.82, 2.24) is 9.78 Å². The molecule has 0 amide bonds. The van der Waals surface area contributed by atoms with Crippen LogP contribution in [0.1, 0.15) is 55.3 Å². The molecule has 2 aromatic heterocycles. The van der Waals surface area contributed by atoms with Gasteiger partial charge in [0.1, 0.15) is 0 Å². The first-order valence-corrected chi connectivity index (χ1v) is 10.6. The largest absolute Gasteiger partial charge is 0.403 e. The van der Waals surface area contributed by atoms with Gasteiger partial charge in [0, 0.05) is 6.07 Å². The SMILES string of the molecule is Cc1cc(=O)oc2c1c(C)nn2-c1ccc(C23CC4CC(CC(C4)C2)C3)cc1. The number of aromatic nitrogens is 2. The van der Waals surface area contributed by atoms with Crippen LogP contribution in [0.4, 0.5) is 0 Å². The van der Waals surface area contributed by atoms with E-state index < -0.39 is 0 Å². The van der Waals surface area contributed by atoms with E-state index in [9.17, 15) is 4.79 Å². The summed E-state index contributed by atoms with van der Waals surface area (Å²) in [6.45, 7) is 3.91. The average molecular weight is 374 g/mol. The topological polar surface area (TPSA) is 48.0 Å². The van der Waals surface area contributed by atoms with Crippen molar-refractivity contribution in [1.29, 1.82) is 0 Å². The smallest absolute Gasteiger partial charge is 0.337 e. The minimum absolute atomic E-state index is 0.323. The normalized spacial score (nSPS) is 31.0. The number of aryl methyl sites for hydroxylation is 2. The predicted molar refractivity (Wildman–Crippen MR) is 109 cm³/mol. The van der Waals surface area contributed by atoms with Crippen LogP contribution in [0, 0.1) is 31.6 Å². The van der Waals surface area contributed by atoms with Crippen LogP contribution >= 0.6 is 0 Å². The molecule has 0 radical (unpaired) electrons. The van der Waals surface area contributed by atoms with Gasteiger partial charge in [0.25, 0.3) is 0 Å². The van der Waals surface area contributed by atoms with E-state index in [1.165, 1.54) is 50.2 Å². The highest BCUT2D eigenvalue weighted by molar-refractivity contribution is 5.81. The van der Waals surface area contributed by atoms with Crippen molar-refractivity contribution in [2.75, 3.05) is 0 Å². The van der Waals surface area contributed by atoms with Crippen molar-refractivity contribution >= 4 is 11.1 Å². The van der Waals surface area contributed by atoms with Gasteiger partial charge in [-0.05, 0) is 98.8 Å². The summed E-state index contributed by atoms with van der Waals surface area (Å²) < 4.78 is 7.30. The molecule has 4 heteroatoms. The maximum Gasteiger partial charge on any atom is 0.337 e. The molecule has 4 bridgehead atoms. The van der Waals surface area contributed by atoms with E-state index in [-0.39, 0.29) is 5.63 Å². The Bertz CT molecular complexity index is 1100. The van der Waals surface area contributed by atoms with Crippen LogP contribution in [0.25, 0.3) is 16.8 Å². The summed E-state index contributed by atoms with van der Waals surface area (Å²) in [5.41, 5.74) is 4.89. The van der Waals surface area contributed by atoms with Gasteiger partial charge >= 0.3 is 5.63 Å². The number of benzene rings is 1. The van der Waals surface area contributed by atoms with Gasteiger partial charge in [-0.3, -0.25) is 0 Å². The van der Waals surface area contributed by atoms with Gasteiger partial charge in [0.05, 0.1) is 16.8 Å². The highest BCUT2D eigenvalue weighted by Crippen LogP contribution is 2.60. The molecule has 7 rings (SSSR count). The maximum atomic E-state index is 11.9. The lowest BCUT2D eigenvalue weighted by Crippen LogP contribution is -2.48. The molecule has 2 heterocycles. The molecule has 4 saturated carbocycles. The van der Waals surface area contributed by atoms with Gasteiger partial charge in [-0.2, -0.15) is 9.78 Å². The van der Waals surface area contributed by atoms with Crippen molar-refractivity contribution in [3.63, 3.8) is 0 Å². The van der Waals surface area contributed by atoms with Crippen LogP contribution in [-0.2, 0) is 5.41 Å². The second-order valence-electron chi connectivity index (χ2n) is 9.67. The summed E-state index contributed by atoms with van der Waals surface area (Å²) >= 11 is 0. The molecule has 28 heavy (non-hydrogen) atoms. The molecule has 4 aliphatic rings. The maximum absolute atomic E-state index is 11.9. The zero-order valence-electron chi connectivity index (χ0n) is 16.6. The van der Waals surface area contributed by atoms with E-state index in [2.05, 4.69) is 29.4 Å². The lowest BCUT2D eigenvalue weighted by molar-refractivity contribution is -0.00518.